The van der Waals surface area contributed by atoms with E-state index in [4.69, 9.17) is 0 Å². The van der Waals surface area contributed by atoms with Gasteiger partial charge in [0.2, 0.25) is 5.91 Å². The van der Waals surface area contributed by atoms with Crippen molar-refractivity contribution < 1.29 is 9.59 Å². The third-order valence-electron chi connectivity index (χ3n) is 3.80. The van der Waals surface area contributed by atoms with Gasteiger partial charge < -0.3 is 9.88 Å². The van der Waals surface area contributed by atoms with Crippen molar-refractivity contribution in [3.05, 3.63) is 23.5 Å². The number of carbonyl (C=O) groups is 2. The predicted molar refractivity (Wildman–Crippen MR) is 67.4 cm³/mol. The van der Waals surface area contributed by atoms with Crippen LogP contribution in [0.5, 0.6) is 0 Å². The summed E-state index contributed by atoms with van der Waals surface area (Å²) in [5.41, 5.74) is 2.03. The molecule has 2 aliphatic carbocycles. The summed E-state index contributed by atoms with van der Waals surface area (Å²) >= 11 is 0. The molecule has 1 heterocycles. The number of aromatic nitrogens is 1. The van der Waals surface area contributed by atoms with Gasteiger partial charge in [0.15, 0.2) is 5.78 Å². The minimum atomic E-state index is 0.187. The molecule has 1 N–H and O–H groups in total. The van der Waals surface area contributed by atoms with Crippen molar-refractivity contribution in [2.75, 3.05) is 6.54 Å². The number of hydrogen-bond acceptors (Lipinski definition) is 2. The van der Waals surface area contributed by atoms with Crippen LogP contribution in [0.25, 0.3) is 0 Å². The molecule has 0 aliphatic heterocycles. The summed E-state index contributed by atoms with van der Waals surface area (Å²) in [6.45, 7) is 1.42. The van der Waals surface area contributed by atoms with E-state index in [0.29, 0.717) is 13.0 Å². The van der Waals surface area contributed by atoms with Gasteiger partial charge in [0, 0.05) is 42.9 Å². The van der Waals surface area contributed by atoms with Gasteiger partial charge >= 0.3 is 0 Å². The molecule has 0 radical (unpaired) electrons. The average Bonchev–Trinajstić information content (AvgIpc) is 3.13. The van der Waals surface area contributed by atoms with Crippen LogP contribution in [0.1, 0.15) is 41.7 Å². The van der Waals surface area contributed by atoms with Crippen LogP contribution in [-0.2, 0) is 17.8 Å². The highest BCUT2D eigenvalue weighted by Gasteiger charge is 2.29. The first kappa shape index (κ1) is 11.5. The first-order valence-corrected chi connectivity index (χ1v) is 6.74. The van der Waals surface area contributed by atoms with Crippen molar-refractivity contribution in [3.8, 4) is 0 Å². The van der Waals surface area contributed by atoms with E-state index >= 15 is 0 Å². The number of nitrogens with one attached hydrogen (secondary N) is 1. The number of carbonyl (C=O) groups excluding carboxylic acids is 2. The lowest BCUT2D eigenvalue weighted by Crippen LogP contribution is -2.28. The number of fused-ring (bicyclic) bond motifs is 1. The van der Waals surface area contributed by atoms with Crippen LogP contribution in [0.15, 0.2) is 12.3 Å². The Morgan fingerprint density at radius 3 is 3.00 bits per heavy atom. The molecular formula is C14H18N2O2. The summed E-state index contributed by atoms with van der Waals surface area (Å²) in [5, 5.41) is 2.96. The van der Waals surface area contributed by atoms with Gasteiger partial charge in [-0.05, 0) is 31.7 Å². The van der Waals surface area contributed by atoms with Gasteiger partial charge in [0.25, 0.3) is 0 Å². The van der Waals surface area contributed by atoms with Crippen molar-refractivity contribution in [1.82, 2.24) is 9.88 Å². The molecule has 1 aromatic heterocycles. The predicted octanol–water partition coefficient (Wildman–Crippen LogP) is 1.53. The molecule has 0 atom stereocenters. The van der Waals surface area contributed by atoms with Gasteiger partial charge in [-0.15, -0.1) is 0 Å². The third-order valence-corrected chi connectivity index (χ3v) is 3.80. The Hall–Kier alpha value is -1.58. The first-order chi connectivity index (χ1) is 8.75. The molecule has 1 fully saturated rings. The number of Topliss-reactive ketones (excluding diaryl/α,β-unsaturated/α-hetero) is 1. The minimum absolute atomic E-state index is 0.187. The number of hydrogen-bond donors (Lipinski definition) is 1. The topological polar surface area (TPSA) is 51.1 Å². The second-order valence-corrected chi connectivity index (χ2v) is 5.21. The fourth-order valence-corrected chi connectivity index (χ4v) is 2.59. The van der Waals surface area contributed by atoms with Crippen LogP contribution in [0.2, 0.25) is 0 Å². The van der Waals surface area contributed by atoms with Crippen LogP contribution < -0.4 is 5.32 Å². The molecule has 96 valence electrons. The van der Waals surface area contributed by atoms with E-state index in [1.807, 2.05) is 12.3 Å². The quantitative estimate of drug-likeness (QED) is 0.876. The molecule has 0 unspecified atom stereocenters. The average molecular weight is 246 g/mol. The van der Waals surface area contributed by atoms with Gasteiger partial charge in [0.1, 0.15) is 0 Å². The van der Waals surface area contributed by atoms with Gasteiger partial charge in [-0.1, -0.05) is 0 Å². The molecule has 1 saturated carbocycles. The van der Waals surface area contributed by atoms with E-state index in [1.54, 1.807) is 0 Å². The van der Waals surface area contributed by atoms with E-state index in [9.17, 15) is 9.59 Å². The second kappa shape index (κ2) is 4.59. The fourth-order valence-electron chi connectivity index (χ4n) is 2.59. The monoisotopic (exact) mass is 246 g/mol. The highest BCUT2D eigenvalue weighted by molar-refractivity contribution is 5.98. The van der Waals surface area contributed by atoms with E-state index in [-0.39, 0.29) is 17.6 Å². The summed E-state index contributed by atoms with van der Waals surface area (Å²) < 4.78 is 2.11. The summed E-state index contributed by atoms with van der Waals surface area (Å²) in [6, 6.07) is 1.92. The summed E-state index contributed by atoms with van der Waals surface area (Å²) in [5.74, 6) is 0.717. The van der Waals surface area contributed by atoms with E-state index in [1.165, 1.54) is 0 Å². The minimum Gasteiger partial charge on any atom is -0.354 e. The van der Waals surface area contributed by atoms with Crippen LogP contribution in [0.3, 0.4) is 0 Å². The number of rotatable bonds is 4. The van der Waals surface area contributed by atoms with Crippen LogP contribution in [-0.4, -0.2) is 22.8 Å². The Morgan fingerprint density at radius 2 is 2.22 bits per heavy atom. The second-order valence-electron chi connectivity index (χ2n) is 5.21. The zero-order valence-corrected chi connectivity index (χ0v) is 10.4. The fraction of sp³-hybridized carbons (Fsp3) is 0.571. The number of amides is 1. The van der Waals surface area contributed by atoms with Crippen molar-refractivity contribution >= 4 is 11.7 Å². The molecule has 0 spiro atoms. The number of ketones is 1. The van der Waals surface area contributed by atoms with Gasteiger partial charge in [-0.2, -0.15) is 0 Å². The Morgan fingerprint density at radius 1 is 1.39 bits per heavy atom. The molecule has 1 amide bonds. The molecule has 0 saturated heterocycles. The normalized spacial score (nSPS) is 18.6. The Balaban J connectivity index is 1.59. The van der Waals surface area contributed by atoms with Crippen molar-refractivity contribution in [2.24, 2.45) is 5.92 Å². The Bertz CT molecular complexity index is 486. The van der Waals surface area contributed by atoms with Crippen molar-refractivity contribution in [3.63, 3.8) is 0 Å². The summed E-state index contributed by atoms with van der Waals surface area (Å²) in [6.07, 6.45) is 6.65. The molecule has 18 heavy (non-hydrogen) atoms. The highest BCUT2D eigenvalue weighted by Crippen LogP contribution is 2.28. The lowest BCUT2D eigenvalue weighted by Gasteiger charge is -2.15. The zero-order chi connectivity index (χ0) is 12.5. The highest BCUT2D eigenvalue weighted by atomic mass is 16.2. The molecule has 4 nitrogen and oxygen atoms in total. The molecule has 3 rings (SSSR count). The molecule has 1 aromatic rings. The first-order valence-electron chi connectivity index (χ1n) is 6.74. The molecule has 0 bridgehead atoms. The SMILES string of the molecule is O=C1CCCc2c1ccn2CCNC(=O)C1CC1. The van der Waals surface area contributed by atoms with E-state index in [2.05, 4.69) is 9.88 Å². The largest absolute Gasteiger partial charge is 0.354 e. The standard InChI is InChI=1S/C14H18N2O2/c17-13-3-1-2-12-11(13)6-8-16(12)9-7-15-14(18)10-4-5-10/h6,8,10H,1-5,7,9H2,(H,15,18). The molecule has 2 aliphatic rings. The maximum Gasteiger partial charge on any atom is 0.223 e. The van der Waals surface area contributed by atoms with Crippen molar-refractivity contribution in [1.29, 1.82) is 0 Å². The lowest BCUT2D eigenvalue weighted by molar-refractivity contribution is -0.122. The Labute approximate surface area is 106 Å². The summed E-state index contributed by atoms with van der Waals surface area (Å²) in [7, 11) is 0. The van der Waals surface area contributed by atoms with Crippen LogP contribution >= 0.6 is 0 Å². The van der Waals surface area contributed by atoms with E-state index in [0.717, 1.165) is 43.5 Å². The number of nitrogens with zero attached hydrogens (tertiary/aromatic N) is 1. The summed E-state index contributed by atoms with van der Waals surface area (Å²) in [4.78, 5) is 23.2. The molecular weight excluding hydrogens is 228 g/mol. The van der Waals surface area contributed by atoms with Crippen LogP contribution in [0, 0.1) is 5.92 Å². The zero-order valence-electron chi connectivity index (χ0n) is 10.4. The van der Waals surface area contributed by atoms with Gasteiger partial charge in [0.05, 0.1) is 0 Å². The van der Waals surface area contributed by atoms with Crippen LogP contribution in [0.4, 0.5) is 0 Å². The maximum absolute atomic E-state index is 11.7. The van der Waals surface area contributed by atoms with Gasteiger partial charge in [-0.25, -0.2) is 0 Å². The van der Waals surface area contributed by atoms with Gasteiger partial charge in [-0.3, -0.25) is 9.59 Å². The van der Waals surface area contributed by atoms with E-state index < -0.39 is 0 Å². The third kappa shape index (κ3) is 2.19. The molecule has 0 aromatic carbocycles. The Kier molecular flexibility index (Phi) is 2.94. The lowest BCUT2D eigenvalue weighted by atomic mass is 9.97. The van der Waals surface area contributed by atoms with Crippen molar-refractivity contribution in [2.45, 2.75) is 38.6 Å². The maximum atomic E-state index is 11.7. The molecule has 4 heteroatoms. The smallest absolute Gasteiger partial charge is 0.223 e.